The van der Waals surface area contributed by atoms with Gasteiger partial charge in [0.2, 0.25) is 0 Å². The average molecular weight is 355 g/mol. The first kappa shape index (κ1) is 14.9. The Kier molecular flexibility index (Phi) is 3.51. The van der Waals surface area contributed by atoms with Gasteiger partial charge in [0.15, 0.2) is 11.4 Å². The minimum Gasteiger partial charge on any atom is -0.460 e. The van der Waals surface area contributed by atoms with E-state index in [0.717, 1.165) is 59.1 Å². The molecule has 1 saturated heterocycles. The monoisotopic (exact) mass is 355 g/mol. The molecule has 128 valence electrons. The van der Waals surface area contributed by atoms with Crippen molar-refractivity contribution in [3.8, 4) is 0 Å². The Balaban J connectivity index is 1.32. The van der Waals surface area contributed by atoms with Gasteiger partial charge in [0.05, 0.1) is 24.7 Å². The summed E-state index contributed by atoms with van der Waals surface area (Å²) in [7, 11) is 0. The van der Waals surface area contributed by atoms with E-state index >= 15 is 0 Å². The van der Waals surface area contributed by atoms with E-state index < -0.39 is 0 Å². The van der Waals surface area contributed by atoms with Crippen molar-refractivity contribution >= 4 is 28.5 Å². The minimum absolute atomic E-state index is 0.00706. The Morgan fingerprint density at radius 1 is 1.36 bits per heavy atom. The molecule has 2 aliphatic rings. The van der Waals surface area contributed by atoms with Gasteiger partial charge in [0.25, 0.3) is 5.56 Å². The van der Waals surface area contributed by atoms with Crippen molar-refractivity contribution in [3.63, 3.8) is 0 Å². The fourth-order valence-corrected chi connectivity index (χ4v) is 4.44. The van der Waals surface area contributed by atoms with Gasteiger partial charge in [-0.1, -0.05) is 0 Å². The Morgan fingerprint density at radius 2 is 2.28 bits per heavy atom. The highest BCUT2D eigenvalue weighted by atomic mass is 32.2. The van der Waals surface area contributed by atoms with Crippen LogP contribution in [0.5, 0.6) is 0 Å². The van der Waals surface area contributed by atoms with E-state index in [2.05, 4.69) is 20.2 Å². The molecule has 0 aliphatic carbocycles. The lowest BCUT2D eigenvalue weighted by molar-refractivity contribution is 0.330. The van der Waals surface area contributed by atoms with Crippen LogP contribution < -0.4 is 10.5 Å². The van der Waals surface area contributed by atoms with Crippen molar-refractivity contribution in [2.45, 2.75) is 18.7 Å². The summed E-state index contributed by atoms with van der Waals surface area (Å²) in [5.41, 5.74) is 2.97. The molecule has 7 nitrogen and oxygen atoms in total. The maximum atomic E-state index is 12.3. The molecule has 0 bridgehead atoms. The normalized spacial score (nSPS) is 17.5. The van der Waals surface area contributed by atoms with E-state index in [1.54, 1.807) is 23.2 Å². The van der Waals surface area contributed by atoms with Gasteiger partial charge < -0.3 is 9.32 Å². The van der Waals surface area contributed by atoms with Crippen LogP contribution in [-0.4, -0.2) is 38.8 Å². The first-order chi connectivity index (χ1) is 12.3. The van der Waals surface area contributed by atoms with Gasteiger partial charge in [0.1, 0.15) is 0 Å². The summed E-state index contributed by atoms with van der Waals surface area (Å²) in [6, 6.07) is 3.65. The lowest BCUT2D eigenvalue weighted by atomic mass is 10.00. The van der Waals surface area contributed by atoms with E-state index in [0.29, 0.717) is 12.5 Å². The molecule has 0 amide bonds. The van der Waals surface area contributed by atoms with Crippen molar-refractivity contribution in [1.82, 2.24) is 20.0 Å². The summed E-state index contributed by atoms with van der Waals surface area (Å²) in [5, 5.41) is 13.8. The molecule has 5 rings (SSSR count). The van der Waals surface area contributed by atoms with Gasteiger partial charge in [-0.15, -0.1) is 5.10 Å². The van der Waals surface area contributed by atoms with Gasteiger partial charge in [-0.25, -0.2) is 4.68 Å². The van der Waals surface area contributed by atoms with E-state index in [1.165, 1.54) is 0 Å². The van der Waals surface area contributed by atoms with Gasteiger partial charge in [-0.3, -0.25) is 4.79 Å². The zero-order valence-electron chi connectivity index (χ0n) is 13.6. The molecule has 1 fully saturated rings. The van der Waals surface area contributed by atoms with Crippen LogP contribution in [0.2, 0.25) is 0 Å². The highest BCUT2D eigenvalue weighted by molar-refractivity contribution is 7.98. The number of furan rings is 1. The molecule has 8 heteroatoms. The molecule has 0 spiro atoms. The number of hydrogen-bond donors (Lipinski definition) is 0. The van der Waals surface area contributed by atoms with E-state index in [4.69, 9.17) is 4.42 Å². The fraction of sp³-hybridized carbons (Fsp3) is 0.412. The predicted octanol–water partition coefficient (Wildman–Crippen LogP) is 1.71. The maximum Gasteiger partial charge on any atom is 0.267 e. The summed E-state index contributed by atoms with van der Waals surface area (Å²) in [4.78, 5) is 14.4. The van der Waals surface area contributed by atoms with Crippen LogP contribution >= 0.6 is 11.8 Å². The van der Waals surface area contributed by atoms with Crippen LogP contribution in [0.3, 0.4) is 0 Å². The Hall–Kier alpha value is -2.35. The zero-order valence-corrected chi connectivity index (χ0v) is 14.4. The smallest absolute Gasteiger partial charge is 0.267 e. The largest absolute Gasteiger partial charge is 0.460 e. The summed E-state index contributed by atoms with van der Waals surface area (Å²) < 4.78 is 7.16. The van der Waals surface area contributed by atoms with Crippen molar-refractivity contribution in [2.75, 3.05) is 23.7 Å². The van der Waals surface area contributed by atoms with E-state index in [-0.39, 0.29) is 5.56 Å². The van der Waals surface area contributed by atoms with Crippen molar-refractivity contribution < 1.29 is 4.42 Å². The van der Waals surface area contributed by atoms with Crippen molar-refractivity contribution in [1.29, 1.82) is 0 Å². The predicted molar refractivity (Wildman–Crippen MR) is 95.9 cm³/mol. The molecule has 2 aliphatic heterocycles. The van der Waals surface area contributed by atoms with Crippen LogP contribution in [0, 0.1) is 5.92 Å². The standard InChI is InChI=1S/C17H17N5O2S/c23-15-5-13-10-25-4-2-14(13)20-22(15)9-11-7-21(8-11)17-16-12(1-3-24-16)6-18-19-17/h1,3,5-6,11H,2,4,7-10H2. The van der Waals surface area contributed by atoms with Gasteiger partial charge >= 0.3 is 0 Å². The van der Waals surface area contributed by atoms with E-state index in [9.17, 15) is 4.79 Å². The van der Waals surface area contributed by atoms with Gasteiger partial charge in [0, 0.05) is 42.6 Å². The molecule has 25 heavy (non-hydrogen) atoms. The topological polar surface area (TPSA) is 77.1 Å². The molecule has 0 radical (unpaired) electrons. The molecular formula is C17H17N5O2S. The highest BCUT2D eigenvalue weighted by Crippen LogP contribution is 2.30. The number of thioether (sulfide) groups is 1. The number of aryl methyl sites for hydroxylation is 1. The second-order valence-electron chi connectivity index (χ2n) is 6.58. The molecule has 0 aromatic carbocycles. The first-order valence-electron chi connectivity index (χ1n) is 8.39. The second-order valence-corrected chi connectivity index (χ2v) is 7.69. The van der Waals surface area contributed by atoms with Gasteiger partial charge in [-0.05, 0) is 17.4 Å². The average Bonchev–Trinajstić information content (AvgIpc) is 3.07. The lowest BCUT2D eigenvalue weighted by Gasteiger charge is -2.39. The third-order valence-electron chi connectivity index (χ3n) is 4.84. The third kappa shape index (κ3) is 2.60. The molecule has 0 N–H and O–H groups in total. The minimum atomic E-state index is 0.00706. The summed E-state index contributed by atoms with van der Waals surface area (Å²) in [6.45, 7) is 2.31. The Labute approximate surface area is 148 Å². The summed E-state index contributed by atoms with van der Waals surface area (Å²) >= 11 is 1.86. The van der Waals surface area contributed by atoms with E-state index in [1.807, 2.05) is 17.8 Å². The number of hydrogen-bond acceptors (Lipinski definition) is 7. The SMILES string of the molecule is O=c1cc2c(nn1CC1CN(c3nncc4ccoc34)C1)CCSC2. The number of anilines is 1. The first-order valence-corrected chi connectivity index (χ1v) is 9.55. The highest BCUT2D eigenvalue weighted by Gasteiger charge is 2.31. The fourth-order valence-electron chi connectivity index (χ4n) is 3.49. The quantitative estimate of drug-likeness (QED) is 0.708. The third-order valence-corrected chi connectivity index (χ3v) is 5.85. The summed E-state index contributed by atoms with van der Waals surface area (Å²) in [5.74, 6) is 3.15. The van der Waals surface area contributed by atoms with Crippen molar-refractivity contribution in [3.05, 3.63) is 46.2 Å². The Bertz CT molecular complexity index is 992. The van der Waals surface area contributed by atoms with Crippen LogP contribution in [-0.2, 0) is 18.7 Å². The molecule has 0 unspecified atom stereocenters. The molecule has 3 aromatic rings. The molecular weight excluding hydrogens is 338 g/mol. The molecule has 0 atom stereocenters. The summed E-state index contributed by atoms with van der Waals surface area (Å²) in [6.07, 6.45) is 4.31. The molecule has 0 saturated carbocycles. The molecule has 5 heterocycles. The number of rotatable bonds is 3. The van der Waals surface area contributed by atoms with Gasteiger partial charge in [-0.2, -0.15) is 22.0 Å². The van der Waals surface area contributed by atoms with Crippen LogP contribution in [0.25, 0.3) is 11.0 Å². The molecule has 3 aromatic heterocycles. The van der Waals surface area contributed by atoms with Crippen LogP contribution in [0.15, 0.2) is 33.8 Å². The van der Waals surface area contributed by atoms with Crippen LogP contribution in [0.1, 0.15) is 11.3 Å². The number of fused-ring (bicyclic) bond motifs is 2. The maximum absolute atomic E-state index is 12.3. The number of nitrogens with zero attached hydrogens (tertiary/aromatic N) is 5. The van der Waals surface area contributed by atoms with Crippen LogP contribution in [0.4, 0.5) is 5.82 Å². The van der Waals surface area contributed by atoms with Crippen molar-refractivity contribution in [2.24, 2.45) is 5.92 Å². The number of aromatic nitrogens is 4. The Morgan fingerprint density at radius 3 is 3.20 bits per heavy atom. The zero-order chi connectivity index (χ0) is 16.8. The second kappa shape index (κ2) is 5.87. The lowest BCUT2D eigenvalue weighted by Crippen LogP contribution is -2.50.